The van der Waals surface area contributed by atoms with Crippen molar-refractivity contribution in [1.82, 2.24) is 15.4 Å². The first kappa shape index (κ1) is 23.2. The first-order chi connectivity index (χ1) is 15.3. The second-order valence-electron chi connectivity index (χ2n) is 6.40. The summed E-state index contributed by atoms with van der Waals surface area (Å²) in [6.07, 6.45) is 0. The summed E-state index contributed by atoms with van der Waals surface area (Å²) < 4.78 is 0. The van der Waals surface area contributed by atoms with E-state index in [0.29, 0.717) is 5.56 Å². The first-order valence-electron chi connectivity index (χ1n) is 9.16. The number of amides is 3. The van der Waals surface area contributed by atoms with Crippen molar-refractivity contribution in [3.8, 4) is 0 Å². The van der Waals surface area contributed by atoms with Gasteiger partial charge < -0.3 is 20.3 Å². The number of rotatable bonds is 8. The third kappa shape index (κ3) is 5.03. The van der Waals surface area contributed by atoms with E-state index >= 15 is 0 Å². The molecular formula is C19H18ClN5O6S. The number of alkyl halides is 1. The molecule has 0 spiro atoms. The lowest BCUT2D eigenvalue weighted by molar-refractivity contribution is -0.232. The Balaban J connectivity index is 1.81. The van der Waals surface area contributed by atoms with Gasteiger partial charge in [-0.25, -0.2) is 4.98 Å². The zero-order valence-corrected chi connectivity index (χ0v) is 18.5. The van der Waals surface area contributed by atoms with E-state index < -0.39 is 35.8 Å². The molecular weight excluding hydrogens is 462 g/mol. The normalized spacial score (nSPS) is 17.9. The average molecular weight is 480 g/mol. The van der Waals surface area contributed by atoms with Crippen LogP contribution in [0.25, 0.3) is 0 Å². The number of nitrogens with one attached hydrogen (secondary N) is 2. The van der Waals surface area contributed by atoms with E-state index in [4.69, 9.17) is 21.3 Å². The van der Waals surface area contributed by atoms with E-state index in [-0.39, 0.29) is 22.4 Å². The van der Waals surface area contributed by atoms with Crippen LogP contribution in [0.15, 0.2) is 40.9 Å². The smallest absolute Gasteiger partial charge is 0.329 e. The lowest BCUT2D eigenvalue weighted by atomic mass is 9.90. The van der Waals surface area contributed by atoms with Gasteiger partial charge in [-0.3, -0.25) is 19.2 Å². The van der Waals surface area contributed by atoms with Crippen molar-refractivity contribution in [1.29, 1.82) is 0 Å². The summed E-state index contributed by atoms with van der Waals surface area (Å²) in [6.45, 7) is 1.17. The summed E-state index contributed by atoms with van der Waals surface area (Å²) in [7, 11) is 1.25. The van der Waals surface area contributed by atoms with Crippen LogP contribution in [0.3, 0.4) is 0 Å². The van der Waals surface area contributed by atoms with Crippen LogP contribution in [0.2, 0.25) is 0 Å². The minimum absolute atomic E-state index is 0.124. The molecule has 168 valence electrons. The molecule has 2 aromatic rings. The number of carbonyl (C=O) groups is 4. The second kappa shape index (κ2) is 10.2. The minimum atomic E-state index is -1.01. The number of carbonyl (C=O) groups excluding carboxylic acids is 4. The molecule has 0 radical (unpaired) electrons. The van der Waals surface area contributed by atoms with Crippen LogP contribution in [-0.4, -0.2) is 58.5 Å². The number of hydrogen-bond donors (Lipinski definition) is 2. The maximum atomic E-state index is 12.9. The summed E-state index contributed by atoms with van der Waals surface area (Å²) in [5.41, 5.74) is 0.573. The van der Waals surface area contributed by atoms with Crippen molar-refractivity contribution in [3.63, 3.8) is 0 Å². The maximum Gasteiger partial charge on any atom is 0.329 e. The van der Waals surface area contributed by atoms with E-state index in [9.17, 15) is 19.2 Å². The van der Waals surface area contributed by atoms with Gasteiger partial charge in [0.25, 0.3) is 11.8 Å². The van der Waals surface area contributed by atoms with Crippen molar-refractivity contribution in [2.75, 3.05) is 18.3 Å². The van der Waals surface area contributed by atoms with Gasteiger partial charge in [-0.1, -0.05) is 35.5 Å². The number of nitrogens with zero attached hydrogens (tertiary/aromatic N) is 3. The van der Waals surface area contributed by atoms with Gasteiger partial charge in [0.2, 0.25) is 5.91 Å². The van der Waals surface area contributed by atoms with Crippen molar-refractivity contribution in [2.24, 2.45) is 5.16 Å². The molecule has 3 amide bonds. The molecule has 0 saturated carbocycles. The zero-order chi connectivity index (χ0) is 23.3. The Hall–Kier alpha value is -3.51. The number of halogens is 1. The third-order valence-electron chi connectivity index (χ3n) is 4.22. The zero-order valence-electron chi connectivity index (χ0n) is 16.9. The lowest BCUT2D eigenvalue weighted by Gasteiger charge is -2.44. The Morgan fingerprint density at radius 3 is 2.62 bits per heavy atom. The number of β-lactam (4-membered cyclic amide) rings is 1. The summed E-state index contributed by atoms with van der Waals surface area (Å²) in [4.78, 5) is 62.2. The Morgan fingerprint density at radius 2 is 2.00 bits per heavy atom. The van der Waals surface area contributed by atoms with Crippen LogP contribution in [0.4, 0.5) is 5.13 Å². The molecule has 1 aliphatic heterocycles. The molecule has 2 N–H and O–H groups in total. The Labute approximate surface area is 191 Å². The molecule has 2 heterocycles. The number of hydroxylamine groups is 2. The molecule has 1 aromatic carbocycles. The van der Waals surface area contributed by atoms with Crippen LogP contribution in [0, 0.1) is 0 Å². The van der Waals surface area contributed by atoms with Crippen molar-refractivity contribution in [2.45, 2.75) is 19.0 Å². The SMILES string of the molecule is CON=C(C(=O)N[C@@H]1C(=O)N(OC(C)=O)[C@@H]1c1ccccc1)c1csc(NC(=O)CCl)n1. The van der Waals surface area contributed by atoms with Crippen molar-refractivity contribution >= 4 is 57.5 Å². The highest BCUT2D eigenvalue weighted by atomic mass is 35.5. The number of oxime groups is 1. The van der Waals surface area contributed by atoms with Gasteiger partial charge in [0, 0.05) is 12.3 Å². The highest BCUT2D eigenvalue weighted by Gasteiger charge is 2.52. The monoisotopic (exact) mass is 479 g/mol. The van der Waals surface area contributed by atoms with Crippen LogP contribution < -0.4 is 10.6 Å². The molecule has 1 aromatic heterocycles. The summed E-state index contributed by atoms with van der Waals surface area (Å²) in [5, 5.41) is 11.4. The summed E-state index contributed by atoms with van der Waals surface area (Å²) in [6, 6.07) is 7.04. The van der Waals surface area contributed by atoms with Crippen molar-refractivity contribution < 1.29 is 28.9 Å². The highest BCUT2D eigenvalue weighted by Crippen LogP contribution is 2.35. The van der Waals surface area contributed by atoms with Gasteiger partial charge in [-0.05, 0) is 5.56 Å². The van der Waals surface area contributed by atoms with E-state index in [0.717, 1.165) is 16.4 Å². The Morgan fingerprint density at radius 1 is 1.28 bits per heavy atom. The Kier molecular flexibility index (Phi) is 7.38. The van der Waals surface area contributed by atoms with Gasteiger partial charge >= 0.3 is 5.97 Å². The van der Waals surface area contributed by atoms with Gasteiger partial charge in [0.15, 0.2) is 10.8 Å². The van der Waals surface area contributed by atoms with Crippen LogP contribution >= 0.6 is 22.9 Å². The predicted octanol–water partition coefficient (Wildman–Crippen LogP) is 1.22. The fraction of sp³-hybridized carbons (Fsp3) is 0.263. The summed E-state index contributed by atoms with van der Waals surface area (Å²) in [5.74, 6) is -2.72. The van der Waals surface area contributed by atoms with Crippen molar-refractivity contribution in [3.05, 3.63) is 47.0 Å². The molecule has 0 bridgehead atoms. The Bertz CT molecular complexity index is 1060. The fourth-order valence-electron chi connectivity index (χ4n) is 2.92. The predicted molar refractivity (Wildman–Crippen MR) is 115 cm³/mol. The number of anilines is 1. The van der Waals surface area contributed by atoms with Gasteiger partial charge in [0.05, 0.1) is 0 Å². The maximum absolute atomic E-state index is 12.9. The summed E-state index contributed by atoms with van der Waals surface area (Å²) >= 11 is 6.52. The highest BCUT2D eigenvalue weighted by molar-refractivity contribution is 7.14. The van der Waals surface area contributed by atoms with Gasteiger partial charge in [-0.15, -0.1) is 22.9 Å². The number of benzene rings is 1. The first-order valence-corrected chi connectivity index (χ1v) is 10.6. The molecule has 11 nitrogen and oxygen atoms in total. The number of aromatic nitrogens is 1. The van der Waals surface area contributed by atoms with E-state index in [1.165, 1.54) is 19.4 Å². The largest absolute Gasteiger partial charge is 0.398 e. The van der Waals surface area contributed by atoms with Crippen LogP contribution in [-0.2, 0) is 28.9 Å². The molecule has 13 heteroatoms. The lowest BCUT2D eigenvalue weighted by Crippen LogP contribution is -2.66. The van der Waals surface area contributed by atoms with Crippen LogP contribution in [0.1, 0.15) is 24.2 Å². The molecule has 1 saturated heterocycles. The van der Waals surface area contributed by atoms with Crippen LogP contribution in [0.5, 0.6) is 0 Å². The molecule has 2 atom stereocenters. The number of thiazole rings is 1. The average Bonchev–Trinajstić information content (AvgIpc) is 3.24. The third-order valence-corrected chi connectivity index (χ3v) is 5.22. The number of hydrogen-bond acceptors (Lipinski definition) is 9. The van der Waals surface area contributed by atoms with E-state index in [1.54, 1.807) is 30.3 Å². The fourth-order valence-corrected chi connectivity index (χ4v) is 3.70. The van der Waals surface area contributed by atoms with Gasteiger partial charge in [-0.2, -0.15) is 5.06 Å². The topological polar surface area (TPSA) is 139 Å². The second-order valence-corrected chi connectivity index (χ2v) is 7.52. The molecule has 1 fully saturated rings. The molecule has 32 heavy (non-hydrogen) atoms. The minimum Gasteiger partial charge on any atom is -0.398 e. The molecule has 0 aliphatic carbocycles. The van der Waals surface area contributed by atoms with E-state index in [1.807, 2.05) is 0 Å². The molecule has 0 unspecified atom stereocenters. The standard InChI is InChI=1S/C19H18ClN5O6S/c1-10(26)31-25-16(11-6-4-3-5-7-11)15(18(25)29)23-17(28)14(24-30-2)12-9-32-19(21-12)22-13(27)8-20/h3-7,9,15-16H,8H2,1-2H3,(H,23,28)(H,21,22,27)/t15-,16+/m0/s1. The molecule has 3 rings (SSSR count). The van der Waals surface area contributed by atoms with E-state index in [2.05, 4.69) is 20.8 Å². The molecule has 1 aliphatic rings. The van der Waals surface area contributed by atoms with Gasteiger partial charge in [0.1, 0.15) is 30.8 Å². The quantitative estimate of drug-likeness (QED) is 0.251.